The van der Waals surface area contributed by atoms with Crippen molar-refractivity contribution in [1.29, 1.82) is 0 Å². The quantitative estimate of drug-likeness (QED) is 0.436. The molecule has 20 heavy (non-hydrogen) atoms. The fourth-order valence-electron chi connectivity index (χ4n) is 1.83. The number of amides is 1. The SMILES string of the molecule is CCCCN(CC)C(=O)/C=C/c1ccccc1[N+](=O)[O-]. The fraction of sp³-hybridized carbons (Fsp3) is 0.400. The van der Waals surface area contributed by atoms with Crippen LogP contribution in [-0.2, 0) is 4.79 Å². The van der Waals surface area contributed by atoms with Crippen LogP contribution in [0.1, 0.15) is 32.3 Å². The van der Waals surface area contributed by atoms with Gasteiger partial charge in [-0.3, -0.25) is 14.9 Å². The summed E-state index contributed by atoms with van der Waals surface area (Å²) in [6.07, 6.45) is 4.90. The van der Waals surface area contributed by atoms with E-state index in [2.05, 4.69) is 6.92 Å². The van der Waals surface area contributed by atoms with E-state index in [4.69, 9.17) is 0 Å². The molecule has 0 bridgehead atoms. The van der Waals surface area contributed by atoms with Gasteiger partial charge in [-0.05, 0) is 25.5 Å². The molecule has 0 aliphatic carbocycles. The van der Waals surface area contributed by atoms with E-state index in [-0.39, 0.29) is 11.6 Å². The molecule has 1 aromatic rings. The van der Waals surface area contributed by atoms with Gasteiger partial charge in [0.2, 0.25) is 5.91 Å². The van der Waals surface area contributed by atoms with Gasteiger partial charge in [0.05, 0.1) is 10.5 Å². The van der Waals surface area contributed by atoms with Crippen molar-refractivity contribution in [2.24, 2.45) is 0 Å². The summed E-state index contributed by atoms with van der Waals surface area (Å²) >= 11 is 0. The number of nitrogens with zero attached hydrogens (tertiary/aromatic N) is 2. The number of rotatable bonds is 7. The minimum Gasteiger partial charge on any atom is -0.339 e. The number of carbonyl (C=O) groups excluding carboxylic acids is 1. The number of hydrogen-bond acceptors (Lipinski definition) is 3. The van der Waals surface area contributed by atoms with Crippen LogP contribution in [0.5, 0.6) is 0 Å². The number of likely N-dealkylation sites (N-methyl/N-ethyl adjacent to an activating group) is 1. The fourth-order valence-corrected chi connectivity index (χ4v) is 1.83. The Kier molecular flexibility index (Phi) is 6.43. The van der Waals surface area contributed by atoms with E-state index in [9.17, 15) is 14.9 Å². The van der Waals surface area contributed by atoms with Crippen molar-refractivity contribution in [3.63, 3.8) is 0 Å². The van der Waals surface area contributed by atoms with E-state index >= 15 is 0 Å². The lowest BCUT2D eigenvalue weighted by Gasteiger charge is -2.18. The van der Waals surface area contributed by atoms with E-state index in [0.717, 1.165) is 12.8 Å². The summed E-state index contributed by atoms with van der Waals surface area (Å²) in [7, 11) is 0. The molecule has 0 aliphatic heterocycles. The van der Waals surface area contributed by atoms with Gasteiger partial charge in [0.25, 0.3) is 5.69 Å². The molecule has 0 unspecified atom stereocenters. The van der Waals surface area contributed by atoms with Crippen LogP contribution in [0.4, 0.5) is 5.69 Å². The number of nitro groups is 1. The van der Waals surface area contributed by atoms with Gasteiger partial charge in [-0.1, -0.05) is 25.5 Å². The van der Waals surface area contributed by atoms with Crippen molar-refractivity contribution >= 4 is 17.7 Å². The Balaban J connectivity index is 2.81. The van der Waals surface area contributed by atoms with E-state index in [1.807, 2.05) is 6.92 Å². The molecule has 0 saturated carbocycles. The number of para-hydroxylation sites is 1. The molecule has 0 heterocycles. The van der Waals surface area contributed by atoms with Gasteiger partial charge in [0, 0.05) is 25.2 Å². The van der Waals surface area contributed by atoms with Crippen LogP contribution in [0.2, 0.25) is 0 Å². The normalized spacial score (nSPS) is 10.7. The van der Waals surface area contributed by atoms with Gasteiger partial charge in [0.1, 0.15) is 0 Å². The van der Waals surface area contributed by atoms with E-state index in [0.29, 0.717) is 18.7 Å². The summed E-state index contributed by atoms with van der Waals surface area (Å²) in [4.78, 5) is 24.2. The Bertz CT molecular complexity index is 498. The molecule has 1 rings (SSSR count). The summed E-state index contributed by atoms with van der Waals surface area (Å²) in [6, 6.07) is 6.38. The van der Waals surface area contributed by atoms with Gasteiger partial charge < -0.3 is 4.90 Å². The number of benzene rings is 1. The van der Waals surface area contributed by atoms with E-state index in [1.165, 1.54) is 18.2 Å². The molecule has 0 N–H and O–H groups in total. The van der Waals surface area contributed by atoms with Crippen LogP contribution in [0.15, 0.2) is 30.3 Å². The predicted octanol–water partition coefficient (Wildman–Crippen LogP) is 3.26. The molecule has 5 nitrogen and oxygen atoms in total. The first-order chi connectivity index (χ1) is 9.60. The van der Waals surface area contributed by atoms with Crippen LogP contribution < -0.4 is 0 Å². The first kappa shape index (κ1) is 15.9. The highest BCUT2D eigenvalue weighted by molar-refractivity contribution is 5.92. The number of hydrogen-bond donors (Lipinski definition) is 0. The Morgan fingerprint density at radius 1 is 1.35 bits per heavy atom. The van der Waals surface area contributed by atoms with Gasteiger partial charge in [0.15, 0.2) is 0 Å². The Hall–Kier alpha value is -2.17. The Morgan fingerprint density at radius 3 is 2.65 bits per heavy atom. The summed E-state index contributed by atoms with van der Waals surface area (Å²) < 4.78 is 0. The second-order valence-electron chi connectivity index (χ2n) is 4.42. The van der Waals surface area contributed by atoms with Crippen LogP contribution in [0.3, 0.4) is 0 Å². The van der Waals surface area contributed by atoms with Crippen molar-refractivity contribution in [3.05, 3.63) is 46.0 Å². The molecule has 0 aliphatic rings. The second kappa shape index (κ2) is 8.09. The van der Waals surface area contributed by atoms with Crippen molar-refractivity contribution < 1.29 is 9.72 Å². The molecule has 1 amide bonds. The third kappa shape index (κ3) is 4.50. The standard InChI is InChI=1S/C15H20N2O3/c1-3-5-12-16(4-2)15(18)11-10-13-8-6-7-9-14(13)17(19)20/h6-11H,3-5,12H2,1-2H3/b11-10+. The largest absolute Gasteiger partial charge is 0.339 e. The number of unbranched alkanes of at least 4 members (excludes halogenated alkanes) is 1. The van der Waals surface area contributed by atoms with Gasteiger partial charge in [-0.2, -0.15) is 0 Å². The molecule has 0 atom stereocenters. The van der Waals surface area contributed by atoms with Crippen LogP contribution >= 0.6 is 0 Å². The molecule has 108 valence electrons. The number of carbonyl (C=O) groups is 1. The second-order valence-corrected chi connectivity index (χ2v) is 4.42. The summed E-state index contributed by atoms with van der Waals surface area (Å²) in [6.45, 7) is 5.35. The van der Waals surface area contributed by atoms with Crippen molar-refractivity contribution in [2.45, 2.75) is 26.7 Å². The van der Waals surface area contributed by atoms with Gasteiger partial charge in [-0.15, -0.1) is 0 Å². The lowest BCUT2D eigenvalue weighted by Crippen LogP contribution is -2.30. The lowest BCUT2D eigenvalue weighted by molar-refractivity contribution is -0.385. The molecule has 1 aromatic carbocycles. The summed E-state index contributed by atoms with van der Waals surface area (Å²) in [5, 5.41) is 10.9. The monoisotopic (exact) mass is 276 g/mol. The van der Waals surface area contributed by atoms with E-state index < -0.39 is 4.92 Å². The zero-order valence-electron chi connectivity index (χ0n) is 11.9. The number of nitro benzene ring substituents is 1. The van der Waals surface area contributed by atoms with Crippen LogP contribution in [0.25, 0.3) is 6.08 Å². The zero-order chi connectivity index (χ0) is 15.0. The predicted molar refractivity (Wildman–Crippen MR) is 79.3 cm³/mol. The van der Waals surface area contributed by atoms with Crippen molar-refractivity contribution in [3.8, 4) is 0 Å². The first-order valence-corrected chi connectivity index (χ1v) is 6.80. The van der Waals surface area contributed by atoms with Crippen molar-refractivity contribution in [2.75, 3.05) is 13.1 Å². The Labute approximate surface area is 119 Å². The maximum absolute atomic E-state index is 12.0. The van der Waals surface area contributed by atoms with Gasteiger partial charge >= 0.3 is 0 Å². The highest BCUT2D eigenvalue weighted by atomic mass is 16.6. The molecule has 5 heteroatoms. The van der Waals surface area contributed by atoms with Crippen molar-refractivity contribution in [1.82, 2.24) is 4.90 Å². The third-order valence-electron chi connectivity index (χ3n) is 3.01. The maximum atomic E-state index is 12.0. The molecular weight excluding hydrogens is 256 g/mol. The molecular formula is C15H20N2O3. The van der Waals surface area contributed by atoms with Crippen LogP contribution in [0, 0.1) is 10.1 Å². The smallest absolute Gasteiger partial charge is 0.276 e. The van der Waals surface area contributed by atoms with Crippen LogP contribution in [-0.4, -0.2) is 28.8 Å². The minimum atomic E-state index is -0.446. The first-order valence-electron chi connectivity index (χ1n) is 6.80. The van der Waals surface area contributed by atoms with Gasteiger partial charge in [-0.25, -0.2) is 0 Å². The van der Waals surface area contributed by atoms with E-state index in [1.54, 1.807) is 23.1 Å². The minimum absolute atomic E-state index is 0.00755. The highest BCUT2D eigenvalue weighted by Crippen LogP contribution is 2.19. The molecule has 0 fully saturated rings. The molecule has 0 aromatic heterocycles. The summed E-state index contributed by atoms with van der Waals surface area (Å²) in [5.41, 5.74) is 0.450. The average molecular weight is 276 g/mol. The lowest BCUT2D eigenvalue weighted by atomic mass is 10.1. The maximum Gasteiger partial charge on any atom is 0.276 e. The summed E-state index contributed by atoms with van der Waals surface area (Å²) in [5.74, 6) is -0.112. The average Bonchev–Trinajstić information content (AvgIpc) is 2.46. The topological polar surface area (TPSA) is 63.5 Å². The molecule has 0 spiro atoms. The highest BCUT2D eigenvalue weighted by Gasteiger charge is 2.11. The Morgan fingerprint density at radius 2 is 2.05 bits per heavy atom. The zero-order valence-corrected chi connectivity index (χ0v) is 11.9. The third-order valence-corrected chi connectivity index (χ3v) is 3.01. The molecule has 0 saturated heterocycles. The molecule has 0 radical (unpaired) electrons.